The number of nitrogens with zero attached hydrogens (tertiary/aromatic N) is 1. The number of aliphatic hydroxyl groups excluding tert-OH is 1. The van der Waals surface area contributed by atoms with Gasteiger partial charge in [-0.15, -0.1) is 0 Å². The summed E-state index contributed by atoms with van der Waals surface area (Å²) in [6.07, 6.45) is 0. The van der Waals surface area contributed by atoms with Crippen LogP contribution in [0.5, 0.6) is 0 Å². The quantitative estimate of drug-likeness (QED) is 0.625. The van der Waals surface area contributed by atoms with Gasteiger partial charge in [0.25, 0.3) is 0 Å². The van der Waals surface area contributed by atoms with E-state index in [1.54, 1.807) is 0 Å². The van der Waals surface area contributed by atoms with Gasteiger partial charge in [-0.1, -0.05) is 20.8 Å². The van der Waals surface area contributed by atoms with Crippen molar-refractivity contribution in [3.8, 4) is 0 Å². The lowest BCUT2D eigenvalue weighted by Crippen LogP contribution is -2.10. The van der Waals surface area contributed by atoms with Gasteiger partial charge < -0.3 is 9.52 Å². The van der Waals surface area contributed by atoms with Gasteiger partial charge in [0.1, 0.15) is 16.8 Å². The van der Waals surface area contributed by atoms with Crippen LogP contribution in [0.2, 0.25) is 0 Å². The Labute approximate surface area is 132 Å². The number of Topliss-reactive ketones (excluding diaryl/α,β-unsaturated/α-hetero) is 1. The summed E-state index contributed by atoms with van der Waals surface area (Å²) in [6.45, 7) is 9.15. The van der Waals surface area contributed by atoms with E-state index in [-0.39, 0.29) is 28.4 Å². The number of benzene rings is 1. The van der Waals surface area contributed by atoms with Crippen molar-refractivity contribution in [3.63, 3.8) is 0 Å². The molecule has 2 aromatic rings. The molecule has 5 heteroatoms. The summed E-state index contributed by atoms with van der Waals surface area (Å²) in [4.78, 5) is 16.0. The lowest BCUT2D eigenvalue weighted by atomic mass is 9.87. The summed E-state index contributed by atoms with van der Waals surface area (Å²) >= 11 is 3.48. The van der Waals surface area contributed by atoms with Crippen LogP contribution in [0.25, 0.3) is 16.7 Å². The van der Waals surface area contributed by atoms with Crippen LogP contribution in [-0.4, -0.2) is 15.9 Å². The van der Waals surface area contributed by atoms with Crippen LogP contribution in [0, 0.1) is 0 Å². The zero-order chi connectivity index (χ0) is 15.9. The molecule has 4 nitrogen and oxygen atoms in total. The molecular weight excluding hydrogens is 334 g/mol. The lowest BCUT2D eigenvalue weighted by molar-refractivity contribution is -0.112. The molecule has 0 fully saturated rings. The minimum Gasteiger partial charge on any atom is -0.512 e. The third-order valence-corrected chi connectivity index (χ3v) is 3.83. The maximum Gasteiger partial charge on any atom is 0.234 e. The van der Waals surface area contributed by atoms with E-state index in [1.165, 1.54) is 13.8 Å². The predicted molar refractivity (Wildman–Crippen MR) is 86.3 cm³/mol. The van der Waals surface area contributed by atoms with Crippen LogP contribution in [0.15, 0.2) is 26.8 Å². The van der Waals surface area contributed by atoms with Crippen LogP contribution in [-0.2, 0) is 10.2 Å². The van der Waals surface area contributed by atoms with E-state index < -0.39 is 0 Å². The predicted octanol–water partition coefficient (Wildman–Crippen LogP) is 4.77. The Morgan fingerprint density at radius 3 is 2.38 bits per heavy atom. The number of hydrogen-bond donors (Lipinski definition) is 1. The fourth-order valence-electron chi connectivity index (χ4n) is 2.09. The van der Waals surface area contributed by atoms with E-state index in [1.807, 2.05) is 12.1 Å². The number of carbonyl (C=O) groups is 1. The Kier molecular flexibility index (Phi) is 3.97. The molecule has 0 unspecified atom stereocenters. The average molecular weight is 352 g/mol. The number of allylic oxidation sites excluding steroid dienone is 2. The number of hydrogen-bond acceptors (Lipinski definition) is 4. The highest BCUT2D eigenvalue weighted by molar-refractivity contribution is 9.10. The van der Waals surface area contributed by atoms with Gasteiger partial charge in [-0.3, -0.25) is 4.79 Å². The first-order valence-electron chi connectivity index (χ1n) is 6.63. The van der Waals surface area contributed by atoms with Gasteiger partial charge >= 0.3 is 0 Å². The largest absolute Gasteiger partial charge is 0.512 e. The normalized spacial score (nSPS) is 13.4. The van der Waals surface area contributed by atoms with Crippen LogP contribution >= 0.6 is 15.9 Å². The monoisotopic (exact) mass is 351 g/mol. The minimum atomic E-state index is -0.284. The molecule has 1 aromatic carbocycles. The van der Waals surface area contributed by atoms with E-state index in [2.05, 4.69) is 41.7 Å². The van der Waals surface area contributed by atoms with E-state index in [0.717, 1.165) is 10.0 Å². The molecule has 1 N–H and O–H groups in total. The van der Waals surface area contributed by atoms with Crippen molar-refractivity contribution in [3.05, 3.63) is 33.8 Å². The second kappa shape index (κ2) is 5.30. The SMILES string of the molecule is CC(=O)C(=C(C)O)c1nc2cc(C(C)(C)C)cc(Br)c2o1. The summed E-state index contributed by atoms with van der Waals surface area (Å²) in [7, 11) is 0. The Balaban J connectivity index is 2.70. The van der Waals surface area contributed by atoms with Crippen LogP contribution in [0.3, 0.4) is 0 Å². The number of ketones is 1. The number of aromatic nitrogens is 1. The minimum absolute atomic E-state index is 0.0258. The second-order valence-electron chi connectivity index (χ2n) is 6.09. The molecule has 0 atom stereocenters. The van der Waals surface area contributed by atoms with Crippen molar-refractivity contribution >= 4 is 38.4 Å². The number of carbonyl (C=O) groups excluding carboxylic acids is 1. The highest BCUT2D eigenvalue weighted by atomic mass is 79.9. The molecule has 0 aliphatic heterocycles. The van der Waals surface area contributed by atoms with Crippen molar-refractivity contribution in [1.29, 1.82) is 0 Å². The Bertz CT molecular complexity index is 747. The standard InChI is InChI=1S/C16H18BrNO3/c1-8(19)13(9(2)20)15-18-12-7-10(16(3,4)5)6-11(17)14(12)21-15/h6-7,19H,1-5H3. The molecule has 0 aliphatic carbocycles. The number of oxazole rings is 1. The molecular formula is C16H18BrNO3. The topological polar surface area (TPSA) is 63.3 Å². The zero-order valence-corrected chi connectivity index (χ0v) is 14.3. The van der Waals surface area contributed by atoms with Crippen molar-refractivity contribution in [2.24, 2.45) is 0 Å². The van der Waals surface area contributed by atoms with Gasteiger partial charge in [-0.2, -0.15) is 0 Å². The number of fused-ring (bicyclic) bond motifs is 1. The number of aliphatic hydroxyl groups is 1. The summed E-state index contributed by atoms with van der Waals surface area (Å²) in [6, 6.07) is 3.93. The average Bonchev–Trinajstić information content (AvgIpc) is 2.70. The molecule has 0 amide bonds. The number of halogens is 1. The Morgan fingerprint density at radius 2 is 1.90 bits per heavy atom. The van der Waals surface area contributed by atoms with Crippen LogP contribution in [0.4, 0.5) is 0 Å². The van der Waals surface area contributed by atoms with Crippen LogP contribution < -0.4 is 0 Å². The molecule has 0 saturated carbocycles. The molecule has 1 heterocycles. The molecule has 0 spiro atoms. The maximum absolute atomic E-state index is 11.6. The van der Waals surface area contributed by atoms with E-state index >= 15 is 0 Å². The first-order valence-corrected chi connectivity index (χ1v) is 7.42. The summed E-state index contributed by atoms with van der Waals surface area (Å²) in [5.41, 5.74) is 2.41. The zero-order valence-electron chi connectivity index (χ0n) is 12.7. The van der Waals surface area contributed by atoms with Crippen molar-refractivity contribution in [1.82, 2.24) is 4.98 Å². The molecule has 1 aromatic heterocycles. The summed E-state index contributed by atoms with van der Waals surface area (Å²) in [5, 5.41) is 9.66. The second-order valence-corrected chi connectivity index (χ2v) is 6.95. The van der Waals surface area contributed by atoms with E-state index in [0.29, 0.717) is 11.1 Å². The molecule has 0 bridgehead atoms. The van der Waals surface area contributed by atoms with Gasteiger partial charge in [0.15, 0.2) is 11.4 Å². The van der Waals surface area contributed by atoms with Crippen molar-refractivity contribution in [2.75, 3.05) is 0 Å². The molecule has 0 aliphatic rings. The highest BCUT2D eigenvalue weighted by Crippen LogP contribution is 2.33. The summed E-state index contributed by atoms with van der Waals surface area (Å²) < 4.78 is 6.43. The Morgan fingerprint density at radius 1 is 1.29 bits per heavy atom. The van der Waals surface area contributed by atoms with Gasteiger partial charge in [0.05, 0.1) is 4.47 Å². The first-order chi connectivity index (χ1) is 9.61. The maximum atomic E-state index is 11.6. The van der Waals surface area contributed by atoms with Gasteiger partial charge in [0.2, 0.25) is 5.89 Å². The van der Waals surface area contributed by atoms with Crippen molar-refractivity contribution < 1.29 is 14.3 Å². The fourth-order valence-corrected chi connectivity index (χ4v) is 2.62. The molecule has 21 heavy (non-hydrogen) atoms. The molecule has 112 valence electrons. The Hall–Kier alpha value is -1.62. The summed E-state index contributed by atoms with van der Waals surface area (Å²) in [5.74, 6) is -0.237. The fraction of sp³-hybridized carbons (Fsp3) is 0.375. The third-order valence-electron chi connectivity index (χ3n) is 3.24. The van der Waals surface area contributed by atoms with E-state index in [9.17, 15) is 9.90 Å². The lowest BCUT2D eigenvalue weighted by Gasteiger charge is -2.18. The highest BCUT2D eigenvalue weighted by Gasteiger charge is 2.22. The van der Waals surface area contributed by atoms with Gasteiger partial charge in [-0.25, -0.2) is 4.98 Å². The third kappa shape index (κ3) is 3.02. The molecule has 0 saturated heterocycles. The van der Waals surface area contributed by atoms with Gasteiger partial charge in [0, 0.05) is 0 Å². The van der Waals surface area contributed by atoms with Crippen molar-refractivity contribution in [2.45, 2.75) is 40.0 Å². The smallest absolute Gasteiger partial charge is 0.234 e. The molecule has 2 rings (SSSR count). The number of rotatable bonds is 2. The van der Waals surface area contributed by atoms with Crippen LogP contribution in [0.1, 0.15) is 46.1 Å². The first kappa shape index (κ1) is 15.8. The molecule has 0 radical (unpaired) electrons. The van der Waals surface area contributed by atoms with Gasteiger partial charge in [-0.05, 0) is 52.9 Å². The van der Waals surface area contributed by atoms with E-state index in [4.69, 9.17) is 4.42 Å².